The Morgan fingerprint density at radius 2 is 2.08 bits per heavy atom. The zero-order chi connectivity index (χ0) is 9.10. The second-order valence-electron chi connectivity index (χ2n) is 2.91. The Bertz CT molecular complexity index is 305. The maximum atomic E-state index is 5.07. The van der Waals surface area contributed by atoms with Gasteiger partial charge in [-0.2, -0.15) is 5.10 Å². The summed E-state index contributed by atoms with van der Waals surface area (Å²) >= 11 is 0. The van der Waals surface area contributed by atoms with Gasteiger partial charge < -0.3 is 4.74 Å². The summed E-state index contributed by atoms with van der Waals surface area (Å²) in [5.41, 5.74) is 1.12. The number of anilines is 1. The second kappa shape index (κ2) is 3.47. The van der Waals surface area contributed by atoms with E-state index in [4.69, 9.17) is 4.74 Å². The van der Waals surface area contributed by atoms with Gasteiger partial charge in [0.15, 0.2) is 0 Å². The molecule has 0 amide bonds. The maximum Gasteiger partial charge on any atom is 0.119 e. The lowest BCUT2D eigenvalue weighted by Crippen LogP contribution is -2.11. The quantitative estimate of drug-likeness (QED) is 0.687. The fraction of sp³-hybridized carbons (Fsp3) is 0.300. The van der Waals surface area contributed by atoms with Crippen LogP contribution >= 0.6 is 0 Å². The Hall–Kier alpha value is -1.51. The summed E-state index contributed by atoms with van der Waals surface area (Å²) in [5.74, 6) is 0.881. The van der Waals surface area contributed by atoms with Gasteiger partial charge in [-0.3, -0.25) is 5.01 Å². The molecule has 0 saturated heterocycles. The molecular weight excluding hydrogens is 164 g/mol. The summed E-state index contributed by atoms with van der Waals surface area (Å²) in [6, 6.07) is 7.93. The highest BCUT2D eigenvalue weighted by Gasteiger charge is 2.07. The van der Waals surface area contributed by atoms with Crippen LogP contribution in [0.3, 0.4) is 0 Å². The van der Waals surface area contributed by atoms with Gasteiger partial charge in [0, 0.05) is 19.2 Å². The maximum absolute atomic E-state index is 5.07. The van der Waals surface area contributed by atoms with Gasteiger partial charge in [-0.15, -0.1) is 0 Å². The monoisotopic (exact) mass is 176 g/mol. The first-order valence-corrected chi connectivity index (χ1v) is 4.34. The number of methoxy groups -OCH3 is 1. The molecule has 1 aliphatic rings. The third kappa shape index (κ3) is 1.64. The number of hydrogen-bond acceptors (Lipinski definition) is 3. The van der Waals surface area contributed by atoms with Crippen molar-refractivity contribution in [2.75, 3.05) is 18.7 Å². The SMILES string of the molecule is COc1ccc(N2CCC=N2)cc1. The lowest BCUT2D eigenvalue weighted by Gasteiger charge is -2.13. The van der Waals surface area contributed by atoms with E-state index in [2.05, 4.69) is 5.10 Å². The first-order chi connectivity index (χ1) is 6.40. The number of benzene rings is 1. The highest BCUT2D eigenvalue weighted by molar-refractivity contribution is 5.65. The Labute approximate surface area is 77.6 Å². The Kier molecular flexibility index (Phi) is 2.17. The first kappa shape index (κ1) is 8.10. The summed E-state index contributed by atoms with van der Waals surface area (Å²) in [6.07, 6.45) is 2.97. The van der Waals surface area contributed by atoms with Crippen LogP contribution in [0.1, 0.15) is 6.42 Å². The molecule has 1 aromatic carbocycles. The Balaban J connectivity index is 2.17. The van der Waals surface area contributed by atoms with Crippen molar-refractivity contribution in [3.8, 4) is 5.75 Å². The summed E-state index contributed by atoms with van der Waals surface area (Å²) in [6.45, 7) is 0.979. The fourth-order valence-corrected chi connectivity index (χ4v) is 1.34. The number of nitrogens with zero attached hydrogens (tertiary/aromatic N) is 2. The van der Waals surface area contributed by atoms with Gasteiger partial charge in [0.25, 0.3) is 0 Å². The molecule has 1 aromatic rings. The van der Waals surface area contributed by atoms with Gasteiger partial charge in [0.1, 0.15) is 5.75 Å². The van der Waals surface area contributed by atoms with Crippen molar-refractivity contribution < 1.29 is 4.74 Å². The molecule has 0 spiro atoms. The summed E-state index contributed by atoms with van der Waals surface area (Å²) in [7, 11) is 1.67. The molecule has 1 heterocycles. The predicted molar refractivity (Wildman–Crippen MR) is 53.4 cm³/mol. The van der Waals surface area contributed by atoms with E-state index in [1.54, 1.807) is 7.11 Å². The normalized spacial score (nSPS) is 15.0. The van der Waals surface area contributed by atoms with Crippen LogP contribution in [0, 0.1) is 0 Å². The van der Waals surface area contributed by atoms with Crippen LogP contribution in [0.5, 0.6) is 5.75 Å². The van der Waals surface area contributed by atoms with Gasteiger partial charge in [0.05, 0.1) is 12.8 Å². The van der Waals surface area contributed by atoms with Gasteiger partial charge in [-0.25, -0.2) is 0 Å². The van der Waals surface area contributed by atoms with Crippen LogP contribution in [0.4, 0.5) is 5.69 Å². The summed E-state index contributed by atoms with van der Waals surface area (Å²) in [4.78, 5) is 0. The van der Waals surface area contributed by atoms with Crippen molar-refractivity contribution in [1.82, 2.24) is 0 Å². The highest BCUT2D eigenvalue weighted by Crippen LogP contribution is 2.20. The van der Waals surface area contributed by atoms with E-state index < -0.39 is 0 Å². The molecular formula is C10H12N2O. The number of rotatable bonds is 2. The van der Waals surface area contributed by atoms with Crippen molar-refractivity contribution >= 4 is 11.9 Å². The molecule has 0 saturated carbocycles. The van der Waals surface area contributed by atoms with Crippen molar-refractivity contribution in [1.29, 1.82) is 0 Å². The molecule has 68 valence electrons. The molecule has 0 radical (unpaired) electrons. The van der Waals surface area contributed by atoms with Crippen LogP contribution in [-0.4, -0.2) is 19.9 Å². The minimum Gasteiger partial charge on any atom is -0.497 e. The van der Waals surface area contributed by atoms with Crippen molar-refractivity contribution in [2.45, 2.75) is 6.42 Å². The average Bonchev–Trinajstić information content (AvgIpc) is 2.71. The van der Waals surface area contributed by atoms with Gasteiger partial charge in [-0.05, 0) is 24.3 Å². The summed E-state index contributed by atoms with van der Waals surface area (Å²) in [5, 5.41) is 6.21. The molecule has 0 N–H and O–H groups in total. The summed E-state index contributed by atoms with van der Waals surface area (Å²) < 4.78 is 5.07. The van der Waals surface area contributed by atoms with Gasteiger partial charge >= 0.3 is 0 Å². The van der Waals surface area contributed by atoms with Crippen molar-refractivity contribution in [2.24, 2.45) is 5.10 Å². The third-order valence-electron chi connectivity index (χ3n) is 2.06. The van der Waals surface area contributed by atoms with Crippen LogP contribution < -0.4 is 9.75 Å². The van der Waals surface area contributed by atoms with E-state index in [1.807, 2.05) is 35.5 Å². The smallest absolute Gasteiger partial charge is 0.119 e. The average molecular weight is 176 g/mol. The van der Waals surface area contributed by atoms with Crippen molar-refractivity contribution in [3.05, 3.63) is 24.3 Å². The van der Waals surface area contributed by atoms with E-state index in [1.165, 1.54) is 0 Å². The molecule has 3 nitrogen and oxygen atoms in total. The zero-order valence-corrected chi connectivity index (χ0v) is 7.60. The fourth-order valence-electron chi connectivity index (χ4n) is 1.34. The Morgan fingerprint density at radius 1 is 1.31 bits per heavy atom. The van der Waals surface area contributed by atoms with Crippen molar-refractivity contribution in [3.63, 3.8) is 0 Å². The zero-order valence-electron chi connectivity index (χ0n) is 7.60. The molecule has 0 aromatic heterocycles. The van der Waals surface area contributed by atoms with E-state index in [0.717, 1.165) is 24.4 Å². The van der Waals surface area contributed by atoms with Gasteiger partial charge in [0.2, 0.25) is 0 Å². The molecule has 0 bridgehead atoms. The molecule has 13 heavy (non-hydrogen) atoms. The first-order valence-electron chi connectivity index (χ1n) is 4.34. The van der Waals surface area contributed by atoms with E-state index in [-0.39, 0.29) is 0 Å². The number of ether oxygens (including phenoxy) is 1. The molecule has 0 fully saturated rings. The molecule has 0 aliphatic carbocycles. The topological polar surface area (TPSA) is 24.8 Å². The number of hydrazone groups is 1. The van der Waals surface area contributed by atoms with Gasteiger partial charge in [-0.1, -0.05) is 0 Å². The standard InChI is InChI=1S/C10H12N2O/c1-13-10-5-3-9(4-6-10)12-8-2-7-11-12/h3-7H,2,8H2,1H3. The molecule has 2 rings (SSSR count). The lowest BCUT2D eigenvalue weighted by atomic mass is 10.3. The van der Waals surface area contributed by atoms with E-state index >= 15 is 0 Å². The lowest BCUT2D eigenvalue weighted by molar-refractivity contribution is 0.415. The van der Waals surface area contributed by atoms with E-state index in [9.17, 15) is 0 Å². The molecule has 0 atom stereocenters. The van der Waals surface area contributed by atoms with Crippen LogP contribution in [0.15, 0.2) is 29.4 Å². The number of hydrogen-bond donors (Lipinski definition) is 0. The largest absolute Gasteiger partial charge is 0.497 e. The molecule has 0 unspecified atom stereocenters. The molecule has 1 aliphatic heterocycles. The van der Waals surface area contributed by atoms with Crippen LogP contribution in [0.25, 0.3) is 0 Å². The molecule has 3 heteroatoms. The third-order valence-corrected chi connectivity index (χ3v) is 2.06. The predicted octanol–water partition coefficient (Wildman–Crippen LogP) is 1.89. The van der Waals surface area contributed by atoms with Crippen LogP contribution in [-0.2, 0) is 0 Å². The second-order valence-corrected chi connectivity index (χ2v) is 2.91. The Morgan fingerprint density at radius 3 is 2.62 bits per heavy atom. The van der Waals surface area contributed by atoms with Crippen LogP contribution in [0.2, 0.25) is 0 Å². The highest BCUT2D eigenvalue weighted by atomic mass is 16.5. The van der Waals surface area contributed by atoms with E-state index in [0.29, 0.717) is 0 Å². The minimum absolute atomic E-state index is 0.881. The minimum atomic E-state index is 0.881.